The average molecular weight is 256 g/mol. The molecule has 0 spiro atoms. The molecule has 3 atom stereocenters. The normalized spacial score (nSPS) is 22.1. The number of nitriles is 1. The molecular formula is C17H24N2. The highest BCUT2D eigenvalue weighted by atomic mass is 14.9. The quantitative estimate of drug-likeness (QED) is 0.726. The predicted molar refractivity (Wildman–Crippen MR) is 81.3 cm³/mol. The summed E-state index contributed by atoms with van der Waals surface area (Å²) in [5, 5.41) is 12.5. The van der Waals surface area contributed by atoms with Crippen LogP contribution in [0, 0.1) is 23.2 Å². The molecule has 2 heteroatoms. The van der Waals surface area contributed by atoms with E-state index in [0.717, 1.165) is 24.1 Å². The second-order valence-corrected chi connectivity index (χ2v) is 5.03. The largest absolute Gasteiger partial charge is 0.382 e. The summed E-state index contributed by atoms with van der Waals surface area (Å²) in [6.07, 6.45) is 12.1. The molecule has 0 saturated carbocycles. The van der Waals surface area contributed by atoms with Gasteiger partial charge in [-0.05, 0) is 31.4 Å². The standard InChI is InChI=1S/C17H24N2/c1-5-13(4)17(19-16(6-2)7-3)15-10-8-14(12-18)9-11-15/h6-10,13,15,17,19H,2,5,11H2,1,3-4H3/b16-7+. The van der Waals surface area contributed by atoms with Crippen LogP contribution in [-0.2, 0) is 0 Å². The minimum atomic E-state index is 0.377. The molecule has 0 aliphatic heterocycles. The molecule has 1 aliphatic rings. The second-order valence-electron chi connectivity index (χ2n) is 5.03. The molecule has 1 N–H and O–H groups in total. The summed E-state index contributed by atoms with van der Waals surface area (Å²) in [6.45, 7) is 10.3. The lowest BCUT2D eigenvalue weighted by molar-refractivity contribution is 0.320. The van der Waals surface area contributed by atoms with Crippen LogP contribution in [-0.4, -0.2) is 6.04 Å². The Morgan fingerprint density at radius 3 is 2.84 bits per heavy atom. The van der Waals surface area contributed by atoms with Gasteiger partial charge < -0.3 is 5.32 Å². The van der Waals surface area contributed by atoms with Gasteiger partial charge in [0.05, 0.1) is 6.07 Å². The Balaban J connectivity index is 2.83. The Kier molecular flexibility index (Phi) is 6.15. The monoisotopic (exact) mass is 256 g/mol. The van der Waals surface area contributed by atoms with E-state index in [-0.39, 0.29) is 0 Å². The number of nitrogens with one attached hydrogen (secondary N) is 1. The summed E-state index contributed by atoms with van der Waals surface area (Å²) in [4.78, 5) is 0. The van der Waals surface area contributed by atoms with E-state index in [4.69, 9.17) is 5.26 Å². The number of hydrogen-bond acceptors (Lipinski definition) is 2. The van der Waals surface area contributed by atoms with E-state index in [1.165, 1.54) is 0 Å². The Morgan fingerprint density at radius 1 is 1.68 bits per heavy atom. The van der Waals surface area contributed by atoms with Crippen molar-refractivity contribution in [2.75, 3.05) is 0 Å². The van der Waals surface area contributed by atoms with Crippen LogP contribution < -0.4 is 5.32 Å². The van der Waals surface area contributed by atoms with Crippen LogP contribution >= 0.6 is 0 Å². The Bertz CT molecular complexity index is 435. The van der Waals surface area contributed by atoms with E-state index >= 15 is 0 Å². The molecule has 0 aromatic carbocycles. The van der Waals surface area contributed by atoms with Crippen LogP contribution in [0.2, 0.25) is 0 Å². The molecule has 0 heterocycles. The highest BCUT2D eigenvalue weighted by Crippen LogP contribution is 2.26. The van der Waals surface area contributed by atoms with Crippen molar-refractivity contribution in [2.24, 2.45) is 11.8 Å². The lowest BCUT2D eigenvalue weighted by Crippen LogP contribution is -2.40. The van der Waals surface area contributed by atoms with Gasteiger partial charge in [0, 0.05) is 23.2 Å². The van der Waals surface area contributed by atoms with Gasteiger partial charge in [-0.15, -0.1) is 0 Å². The van der Waals surface area contributed by atoms with Gasteiger partial charge in [0.2, 0.25) is 0 Å². The molecule has 3 unspecified atom stereocenters. The zero-order chi connectivity index (χ0) is 14.3. The number of rotatable bonds is 6. The fraction of sp³-hybridized carbons (Fsp3) is 0.471. The first-order chi connectivity index (χ1) is 9.15. The van der Waals surface area contributed by atoms with E-state index in [1.54, 1.807) is 0 Å². The number of hydrogen-bond donors (Lipinski definition) is 1. The molecule has 1 aliphatic carbocycles. The maximum Gasteiger partial charge on any atom is 0.0988 e. The minimum absolute atomic E-state index is 0.377. The highest BCUT2D eigenvalue weighted by Gasteiger charge is 2.25. The molecular weight excluding hydrogens is 232 g/mol. The first-order valence-corrected chi connectivity index (χ1v) is 7.00. The van der Waals surface area contributed by atoms with E-state index in [0.29, 0.717) is 17.9 Å². The first-order valence-electron chi connectivity index (χ1n) is 7.00. The predicted octanol–water partition coefficient (Wildman–Crippen LogP) is 4.11. The smallest absolute Gasteiger partial charge is 0.0988 e. The van der Waals surface area contributed by atoms with Gasteiger partial charge >= 0.3 is 0 Å². The first kappa shape index (κ1) is 15.3. The van der Waals surface area contributed by atoms with Gasteiger partial charge in [0.15, 0.2) is 0 Å². The number of nitrogens with zero attached hydrogens (tertiary/aromatic N) is 1. The maximum atomic E-state index is 8.89. The molecule has 2 nitrogen and oxygen atoms in total. The molecule has 0 saturated heterocycles. The number of allylic oxidation sites excluding steroid dienone is 5. The van der Waals surface area contributed by atoms with Crippen molar-refractivity contribution in [3.05, 3.63) is 48.2 Å². The van der Waals surface area contributed by atoms with Crippen molar-refractivity contribution in [3.63, 3.8) is 0 Å². The van der Waals surface area contributed by atoms with Crippen molar-refractivity contribution >= 4 is 0 Å². The zero-order valence-corrected chi connectivity index (χ0v) is 12.2. The summed E-state index contributed by atoms with van der Waals surface area (Å²) in [5.74, 6) is 1.00. The third-order valence-electron chi connectivity index (χ3n) is 3.84. The zero-order valence-electron chi connectivity index (χ0n) is 12.2. The van der Waals surface area contributed by atoms with E-state index in [1.807, 2.05) is 31.2 Å². The average Bonchev–Trinajstić information content (AvgIpc) is 2.48. The fourth-order valence-corrected chi connectivity index (χ4v) is 2.36. The van der Waals surface area contributed by atoms with Crippen LogP contribution in [0.1, 0.15) is 33.6 Å². The Hall–Kier alpha value is -1.75. The van der Waals surface area contributed by atoms with Crippen molar-refractivity contribution in [3.8, 4) is 6.07 Å². The van der Waals surface area contributed by atoms with Crippen molar-refractivity contribution < 1.29 is 0 Å². The van der Waals surface area contributed by atoms with Crippen molar-refractivity contribution in [1.29, 1.82) is 5.26 Å². The second kappa shape index (κ2) is 7.63. The van der Waals surface area contributed by atoms with E-state index in [9.17, 15) is 0 Å². The molecule has 1 rings (SSSR count). The lowest BCUT2D eigenvalue weighted by atomic mass is 9.82. The van der Waals surface area contributed by atoms with Crippen LogP contribution in [0.5, 0.6) is 0 Å². The molecule has 102 valence electrons. The van der Waals surface area contributed by atoms with Gasteiger partial charge in [0.25, 0.3) is 0 Å². The van der Waals surface area contributed by atoms with E-state index < -0.39 is 0 Å². The van der Waals surface area contributed by atoms with Gasteiger partial charge in [-0.25, -0.2) is 0 Å². The Labute approximate surface area is 117 Å². The van der Waals surface area contributed by atoms with Gasteiger partial charge in [0.1, 0.15) is 0 Å². The van der Waals surface area contributed by atoms with Crippen LogP contribution in [0.3, 0.4) is 0 Å². The molecule has 0 radical (unpaired) electrons. The summed E-state index contributed by atoms with van der Waals surface area (Å²) in [5.41, 5.74) is 1.85. The lowest BCUT2D eigenvalue weighted by Gasteiger charge is -2.32. The minimum Gasteiger partial charge on any atom is -0.382 e. The summed E-state index contributed by atoms with van der Waals surface area (Å²) in [7, 11) is 0. The summed E-state index contributed by atoms with van der Waals surface area (Å²) in [6, 6.07) is 2.57. The highest BCUT2D eigenvalue weighted by molar-refractivity contribution is 5.36. The molecule has 0 fully saturated rings. The van der Waals surface area contributed by atoms with Gasteiger partial charge in [-0.1, -0.05) is 45.1 Å². The van der Waals surface area contributed by atoms with Crippen LogP contribution in [0.4, 0.5) is 0 Å². The topological polar surface area (TPSA) is 35.8 Å². The molecule has 0 bridgehead atoms. The molecule has 0 aromatic rings. The molecule has 19 heavy (non-hydrogen) atoms. The molecule has 0 aromatic heterocycles. The van der Waals surface area contributed by atoms with Gasteiger partial charge in [-0.3, -0.25) is 0 Å². The SMILES string of the molecule is C=C/C(=C\C)NC(C(C)CC)C1C=CC(C#N)=CC1. The van der Waals surface area contributed by atoms with Crippen molar-refractivity contribution in [1.82, 2.24) is 5.32 Å². The maximum absolute atomic E-state index is 8.89. The Morgan fingerprint density at radius 2 is 2.42 bits per heavy atom. The van der Waals surface area contributed by atoms with Crippen LogP contribution in [0.15, 0.2) is 48.2 Å². The van der Waals surface area contributed by atoms with Crippen molar-refractivity contribution in [2.45, 2.75) is 39.7 Å². The molecule has 0 amide bonds. The summed E-state index contributed by atoms with van der Waals surface area (Å²) < 4.78 is 0. The summed E-state index contributed by atoms with van der Waals surface area (Å²) >= 11 is 0. The third-order valence-corrected chi connectivity index (χ3v) is 3.84. The van der Waals surface area contributed by atoms with E-state index in [2.05, 4.69) is 37.9 Å². The fourth-order valence-electron chi connectivity index (χ4n) is 2.36. The van der Waals surface area contributed by atoms with Crippen LogP contribution in [0.25, 0.3) is 0 Å². The van der Waals surface area contributed by atoms with Gasteiger partial charge in [-0.2, -0.15) is 5.26 Å². The third kappa shape index (κ3) is 4.13.